The molecule has 1 aromatic heterocycles. The molecule has 0 aliphatic heterocycles. The van der Waals surface area contributed by atoms with Crippen LogP contribution in [0.3, 0.4) is 0 Å². The molecule has 1 unspecified atom stereocenters. The Morgan fingerprint density at radius 2 is 1.81 bits per heavy atom. The quantitative estimate of drug-likeness (QED) is 0.868. The molecule has 1 aromatic carbocycles. The third kappa shape index (κ3) is 3.45. The van der Waals surface area contributed by atoms with E-state index in [1.54, 1.807) is 0 Å². The van der Waals surface area contributed by atoms with E-state index < -0.39 is 0 Å². The van der Waals surface area contributed by atoms with Crippen LogP contribution in [0.4, 0.5) is 11.6 Å². The fraction of sp³-hybridized carbons (Fsp3) is 0.375. The number of nitrogens with zero attached hydrogens (tertiary/aromatic N) is 2. The first kappa shape index (κ1) is 14.1. The molecule has 1 atom stereocenters. The van der Waals surface area contributed by atoms with Gasteiger partial charge in [0.1, 0.15) is 17.5 Å². The van der Waals surface area contributed by atoms with Gasteiger partial charge in [-0.25, -0.2) is 9.97 Å². The summed E-state index contributed by atoms with van der Waals surface area (Å²) in [6.07, 6.45) is 2.39. The maximum Gasteiger partial charge on any atom is 0.136 e. The molecule has 0 saturated heterocycles. The zero-order valence-corrected chi connectivity index (χ0v) is 13.0. The summed E-state index contributed by atoms with van der Waals surface area (Å²) in [6.45, 7) is 2.11. The summed E-state index contributed by atoms with van der Waals surface area (Å²) in [4.78, 5) is 9.16. The molecule has 2 aromatic rings. The van der Waals surface area contributed by atoms with Crippen molar-refractivity contribution in [3.8, 4) is 0 Å². The van der Waals surface area contributed by atoms with Gasteiger partial charge in [0, 0.05) is 30.1 Å². The molecule has 1 saturated carbocycles. The summed E-state index contributed by atoms with van der Waals surface area (Å²) in [7, 11) is 1.88. The molecule has 1 fully saturated rings. The van der Waals surface area contributed by atoms with E-state index in [2.05, 4.69) is 27.5 Å². The lowest BCUT2D eigenvalue weighted by Gasteiger charge is -2.16. The van der Waals surface area contributed by atoms with E-state index in [0.717, 1.165) is 22.5 Å². The van der Waals surface area contributed by atoms with E-state index in [4.69, 9.17) is 11.6 Å². The number of aromatic nitrogens is 2. The van der Waals surface area contributed by atoms with E-state index in [9.17, 15) is 0 Å². The average Bonchev–Trinajstić information content (AvgIpc) is 3.32. The zero-order valence-electron chi connectivity index (χ0n) is 12.2. The summed E-state index contributed by atoms with van der Waals surface area (Å²) in [5.41, 5.74) is 1.18. The van der Waals surface area contributed by atoms with Gasteiger partial charge in [0.2, 0.25) is 0 Å². The Kier molecular flexibility index (Phi) is 3.97. The van der Waals surface area contributed by atoms with E-state index >= 15 is 0 Å². The van der Waals surface area contributed by atoms with Crippen LogP contribution in [0.25, 0.3) is 0 Å². The SMILES string of the molecule is CNc1cc(NC(C)c2ccc(Cl)cc2)nc(C2CC2)n1. The van der Waals surface area contributed by atoms with Crippen molar-refractivity contribution in [2.24, 2.45) is 0 Å². The molecule has 3 rings (SSSR count). The van der Waals surface area contributed by atoms with Crippen molar-refractivity contribution in [2.45, 2.75) is 31.7 Å². The molecule has 5 heteroatoms. The fourth-order valence-corrected chi connectivity index (χ4v) is 2.37. The second kappa shape index (κ2) is 5.90. The Labute approximate surface area is 130 Å². The summed E-state index contributed by atoms with van der Waals surface area (Å²) in [6, 6.07) is 9.98. The van der Waals surface area contributed by atoms with Crippen molar-refractivity contribution in [2.75, 3.05) is 17.7 Å². The fourth-order valence-electron chi connectivity index (χ4n) is 2.25. The number of nitrogens with one attached hydrogen (secondary N) is 2. The Hall–Kier alpha value is -1.81. The highest BCUT2D eigenvalue weighted by atomic mass is 35.5. The molecule has 0 bridgehead atoms. The number of rotatable bonds is 5. The molecular weight excluding hydrogens is 284 g/mol. The van der Waals surface area contributed by atoms with Crippen LogP contribution < -0.4 is 10.6 Å². The second-order valence-electron chi connectivity index (χ2n) is 5.44. The molecule has 110 valence electrons. The number of hydrogen-bond acceptors (Lipinski definition) is 4. The summed E-state index contributed by atoms with van der Waals surface area (Å²) in [5.74, 6) is 3.19. The van der Waals surface area contributed by atoms with Gasteiger partial charge in [-0.3, -0.25) is 0 Å². The highest BCUT2D eigenvalue weighted by Crippen LogP contribution is 2.39. The molecule has 0 amide bonds. The predicted molar refractivity (Wildman–Crippen MR) is 87.0 cm³/mol. The van der Waals surface area contributed by atoms with E-state index in [0.29, 0.717) is 5.92 Å². The van der Waals surface area contributed by atoms with Crippen LogP contribution in [0.1, 0.15) is 43.1 Å². The van der Waals surface area contributed by atoms with Crippen molar-refractivity contribution in [1.29, 1.82) is 0 Å². The van der Waals surface area contributed by atoms with Gasteiger partial charge in [-0.2, -0.15) is 0 Å². The van der Waals surface area contributed by atoms with Crippen LogP contribution in [0.5, 0.6) is 0 Å². The Morgan fingerprint density at radius 3 is 2.43 bits per heavy atom. The third-order valence-electron chi connectivity index (χ3n) is 3.68. The average molecular weight is 303 g/mol. The van der Waals surface area contributed by atoms with E-state index in [1.165, 1.54) is 18.4 Å². The first-order chi connectivity index (χ1) is 10.2. The molecular formula is C16H19ClN4. The lowest BCUT2D eigenvalue weighted by atomic mass is 10.1. The van der Waals surface area contributed by atoms with Crippen molar-refractivity contribution < 1.29 is 0 Å². The second-order valence-corrected chi connectivity index (χ2v) is 5.87. The number of halogens is 1. The van der Waals surface area contributed by atoms with Gasteiger partial charge in [0.25, 0.3) is 0 Å². The topological polar surface area (TPSA) is 49.8 Å². The van der Waals surface area contributed by atoms with Crippen LogP contribution in [-0.4, -0.2) is 17.0 Å². The monoisotopic (exact) mass is 302 g/mol. The molecule has 2 N–H and O–H groups in total. The normalized spacial score (nSPS) is 15.6. The molecule has 1 aliphatic rings. The molecule has 0 spiro atoms. The van der Waals surface area contributed by atoms with Crippen LogP contribution in [0.15, 0.2) is 30.3 Å². The minimum absolute atomic E-state index is 0.161. The summed E-state index contributed by atoms with van der Waals surface area (Å²) in [5, 5.41) is 7.29. The van der Waals surface area contributed by atoms with Gasteiger partial charge in [-0.15, -0.1) is 0 Å². The van der Waals surface area contributed by atoms with Crippen LogP contribution in [0, 0.1) is 0 Å². The minimum atomic E-state index is 0.161. The van der Waals surface area contributed by atoms with Gasteiger partial charge in [0.05, 0.1) is 0 Å². The first-order valence-corrected chi connectivity index (χ1v) is 7.62. The maximum atomic E-state index is 5.93. The van der Waals surface area contributed by atoms with E-state index in [-0.39, 0.29) is 6.04 Å². The Balaban J connectivity index is 1.79. The van der Waals surface area contributed by atoms with Crippen molar-refractivity contribution in [3.63, 3.8) is 0 Å². The number of anilines is 2. The van der Waals surface area contributed by atoms with Gasteiger partial charge in [0.15, 0.2) is 0 Å². The highest BCUT2D eigenvalue weighted by Gasteiger charge is 2.27. The minimum Gasteiger partial charge on any atom is -0.373 e. The highest BCUT2D eigenvalue weighted by molar-refractivity contribution is 6.30. The molecule has 4 nitrogen and oxygen atoms in total. The summed E-state index contributed by atoms with van der Waals surface area (Å²) < 4.78 is 0. The van der Waals surface area contributed by atoms with Crippen molar-refractivity contribution in [3.05, 3.63) is 46.7 Å². The standard InChI is InChI=1S/C16H19ClN4/c1-10(11-5-7-13(17)8-6-11)19-15-9-14(18-2)20-16(21-15)12-3-4-12/h5-10,12H,3-4H2,1-2H3,(H2,18,19,20,21). The van der Waals surface area contributed by atoms with Gasteiger partial charge >= 0.3 is 0 Å². The molecule has 1 heterocycles. The van der Waals surface area contributed by atoms with Crippen LogP contribution in [-0.2, 0) is 0 Å². The molecule has 0 radical (unpaired) electrons. The Bertz CT molecular complexity index is 623. The maximum absolute atomic E-state index is 5.93. The number of benzene rings is 1. The smallest absolute Gasteiger partial charge is 0.136 e. The lowest BCUT2D eigenvalue weighted by Crippen LogP contribution is -2.10. The van der Waals surface area contributed by atoms with Crippen LogP contribution in [0.2, 0.25) is 5.02 Å². The van der Waals surface area contributed by atoms with Crippen molar-refractivity contribution >= 4 is 23.2 Å². The number of hydrogen-bond donors (Lipinski definition) is 2. The molecule has 21 heavy (non-hydrogen) atoms. The molecule has 1 aliphatic carbocycles. The largest absolute Gasteiger partial charge is 0.373 e. The Morgan fingerprint density at radius 1 is 1.14 bits per heavy atom. The van der Waals surface area contributed by atoms with Gasteiger partial charge in [-0.1, -0.05) is 23.7 Å². The van der Waals surface area contributed by atoms with Crippen molar-refractivity contribution in [1.82, 2.24) is 9.97 Å². The lowest BCUT2D eigenvalue weighted by molar-refractivity contribution is 0.855. The van der Waals surface area contributed by atoms with E-state index in [1.807, 2.05) is 37.4 Å². The van der Waals surface area contributed by atoms with Crippen LogP contribution >= 0.6 is 11.6 Å². The predicted octanol–water partition coefficient (Wildman–Crippen LogP) is 4.22. The van der Waals surface area contributed by atoms with Gasteiger partial charge < -0.3 is 10.6 Å². The van der Waals surface area contributed by atoms with Gasteiger partial charge in [-0.05, 0) is 37.5 Å². The zero-order chi connectivity index (χ0) is 14.8. The third-order valence-corrected chi connectivity index (χ3v) is 3.93. The summed E-state index contributed by atoms with van der Waals surface area (Å²) >= 11 is 5.93. The first-order valence-electron chi connectivity index (χ1n) is 7.24.